The lowest BCUT2D eigenvalue weighted by atomic mass is 10.1. The molecule has 0 bridgehead atoms. The Morgan fingerprint density at radius 1 is 0.793 bits per heavy atom. The second-order valence-electron chi connectivity index (χ2n) is 7.30. The lowest BCUT2D eigenvalue weighted by Crippen LogP contribution is -2.10. The maximum atomic E-state index is 5.98. The minimum atomic E-state index is 0.441. The van der Waals surface area contributed by atoms with Crippen LogP contribution >= 0.6 is 0 Å². The number of hydrogen-bond acceptors (Lipinski definition) is 3. The van der Waals surface area contributed by atoms with E-state index >= 15 is 0 Å². The Hall–Kier alpha value is -3.27. The summed E-state index contributed by atoms with van der Waals surface area (Å²) in [5.74, 6) is 2.72. The maximum absolute atomic E-state index is 5.98. The third kappa shape index (κ3) is 4.77. The van der Waals surface area contributed by atoms with E-state index in [-0.39, 0.29) is 0 Å². The van der Waals surface area contributed by atoms with Gasteiger partial charge in [0, 0.05) is 6.54 Å². The normalized spacial score (nSPS) is 11.0. The van der Waals surface area contributed by atoms with Crippen LogP contribution in [0.2, 0.25) is 0 Å². The van der Waals surface area contributed by atoms with Gasteiger partial charge in [0.15, 0.2) is 0 Å². The van der Waals surface area contributed by atoms with E-state index in [9.17, 15) is 0 Å². The van der Waals surface area contributed by atoms with Crippen LogP contribution in [0.5, 0.6) is 11.5 Å². The van der Waals surface area contributed by atoms with Gasteiger partial charge in [-0.05, 0) is 67.8 Å². The van der Waals surface area contributed by atoms with Crippen molar-refractivity contribution in [2.24, 2.45) is 0 Å². The molecule has 148 valence electrons. The number of fused-ring (bicyclic) bond motifs is 1. The molecule has 3 aromatic carbocycles. The fourth-order valence-corrected chi connectivity index (χ4v) is 3.58. The average molecular weight is 386 g/mol. The minimum absolute atomic E-state index is 0.441. The fourth-order valence-electron chi connectivity index (χ4n) is 3.58. The lowest BCUT2D eigenvalue weighted by Gasteiger charge is -2.12. The van der Waals surface area contributed by atoms with Gasteiger partial charge < -0.3 is 14.0 Å². The summed E-state index contributed by atoms with van der Waals surface area (Å²) in [7, 11) is 0. The fraction of sp³-hybridized carbons (Fsp3) is 0.240. The number of aromatic nitrogens is 2. The van der Waals surface area contributed by atoms with Crippen LogP contribution in [0.3, 0.4) is 0 Å². The van der Waals surface area contributed by atoms with Gasteiger partial charge in [-0.25, -0.2) is 4.98 Å². The topological polar surface area (TPSA) is 36.3 Å². The predicted molar refractivity (Wildman–Crippen MR) is 117 cm³/mol. The van der Waals surface area contributed by atoms with Gasteiger partial charge >= 0.3 is 0 Å². The molecule has 0 atom stereocenters. The smallest absolute Gasteiger partial charge is 0.147 e. The van der Waals surface area contributed by atoms with Gasteiger partial charge in [0.2, 0.25) is 0 Å². The molecule has 29 heavy (non-hydrogen) atoms. The van der Waals surface area contributed by atoms with E-state index < -0.39 is 0 Å². The molecule has 4 rings (SSSR count). The summed E-state index contributed by atoms with van der Waals surface area (Å²) in [5.41, 5.74) is 4.57. The molecule has 0 aliphatic rings. The number of para-hydroxylation sites is 3. The first-order chi connectivity index (χ1) is 14.2. The molecular formula is C25H26N2O2. The van der Waals surface area contributed by atoms with Crippen molar-refractivity contribution >= 4 is 11.0 Å². The number of nitrogens with zero attached hydrogens (tertiary/aromatic N) is 2. The van der Waals surface area contributed by atoms with Crippen molar-refractivity contribution in [3.05, 3.63) is 89.7 Å². The van der Waals surface area contributed by atoms with Crippen LogP contribution in [0.15, 0.2) is 72.8 Å². The van der Waals surface area contributed by atoms with Crippen molar-refractivity contribution < 1.29 is 9.47 Å². The Bertz CT molecular complexity index is 1070. The third-order valence-corrected chi connectivity index (χ3v) is 4.83. The molecule has 0 unspecified atom stereocenters. The number of rotatable bonds is 8. The summed E-state index contributed by atoms with van der Waals surface area (Å²) in [6, 6.07) is 24.4. The molecular weight excluding hydrogens is 360 g/mol. The first-order valence-electron chi connectivity index (χ1n) is 10.0. The van der Waals surface area contributed by atoms with Crippen LogP contribution < -0.4 is 9.47 Å². The van der Waals surface area contributed by atoms with E-state index in [0.717, 1.165) is 41.3 Å². The molecule has 0 radical (unpaired) electrons. The molecule has 0 fully saturated rings. The van der Waals surface area contributed by atoms with Crippen molar-refractivity contribution in [3.63, 3.8) is 0 Å². The highest BCUT2D eigenvalue weighted by atomic mass is 16.5. The second-order valence-corrected chi connectivity index (χ2v) is 7.30. The summed E-state index contributed by atoms with van der Waals surface area (Å²) < 4.78 is 14.2. The van der Waals surface area contributed by atoms with Crippen LogP contribution in [0.25, 0.3) is 11.0 Å². The number of aryl methyl sites for hydroxylation is 3. The Morgan fingerprint density at radius 2 is 1.52 bits per heavy atom. The van der Waals surface area contributed by atoms with E-state index in [1.54, 1.807) is 0 Å². The zero-order chi connectivity index (χ0) is 20.1. The van der Waals surface area contributed by atoms with Crippen LogP contribution in [0, 0.1) is 13.8 Å². The average Bonchev–Trinajstić information content (AvgIpc) is 3.07. The van der Waals surface area contributed by atoms with Crippen LogP contribution in [0.1, 0.15) is 23.4 Å². The van der Waals surface area contributed by atoms with Gasteiger partial charge in [-0.3, -0.25) is 0 Å². The van der Waals surface area contributed by atoms with Gasteiger partial charge in [-0.1, -0.05) is 36.4 Å². The Balaban J connectivity index is 1.44. The zero-order valence-electron chi connectivity index (χ0n) is 17.0. The number of imidazole rings is 1. The molecule has 0 saturated heterocycles. The quantitative estimate of drug-likeness (QED) is 0.364. The first-order valence-corrected chi connectivity index (χ1v) is 10.0. The molecule has 0 aliphatic heterocycles. The summed E-state index contributed by atoms with van der Waals surface area (Å²) in [4.78, 5) is 4.78. The minimum Gasteiger partial charge on any atom is -0.494 e. The molecule has 1 heterocycles. The zero-order valence-corrected chi connectivity index (χ0v) is 17.0. The van der Waals surface area contributed by atoms with E-state index in [2.05, 4.69) is 42.7 Å². The molecule has 1 aromatic heterocycles. The molecule has 4 aromatic rings. The van der Waals surface area contributed by atoms with E-state index in [4.69, 9.17) is 14.5 Å². The number of ether oxygens (including phenoxy) is 2. The second kappa shape index (κ2) is 8.82. The molecule has 0 spiro atoms. The maximum Gasteiger partial charge on any atom is 0.147 e. The molecule has 0 amide bonds. The molecule has 0 saturated carbocycles. The molecule has 4 nitrogen and oxygen atoms in total. The Labute approximate surface area is 171 Å². The standard InChI is InChI=1S/C25H26N2O2/c1-19-15-20(2)17-22(16-19)28-14-8-13-27-24-12-7-6-11-23(24)26-25(27)18-29-21-9-4-3-5-10-21/h3-7,9-12,15-17H,8,13-14,18H2,1-2H3. The van der Waals surface area contributed by atoms with Crippen molar-refractivity contribution in [2.75, 3.05) is 6.61 Å². The highest BCUT2D eigenvalue weighted by Crippen LogP contribution is 2.20. The molecule has 0 N–H and O–H groups in total. The summed E-state index contributed by atoms with van der Waals surface area (Å²) >= 11 is 0. The molecule has 0 aliphatic carbocycles. The van der Waals surface area contributed by atoms with Crippen LogP contribution in [-0.2, 0) is 13.2 Å². The Morgan fingerprint density at radius 3 is 2.31 bits per heavy atom. The number of hydrogen-bond donors (Lipinski definition) is 0. The van der Waals surface area contributed by atoms with Crippen LogP contribution in [-0.4, -0.2) is 16.2 Å². The van der Waals surface area contributed by atoms with Gasteiger partial charge in [0.1, 0.15) is 23.9 Å². The SMILES string of the molecule is Cc1cc(C)cc(OCCCn2c(COc3ccccc3)nc3ccccc32)c1. The van der Waals surface area contributed by atoms with Crippen molar-refractivity contribution in [3.8, 4) is 11.5 Å². The van der Waals surface area contributed by atoms with Gasteiger partial charge in [-0.2, -0.15) is 0 Å². The van der Waals surface area contributed by atoms with E-state index in [1.807, 2.05) is 48.5 Å². The third-order valence-electron chi connectivity index (χ3n) is 4.83. The Kier molecular flexibility index (Phi) is 5.80. The summed E-state index contributed by atoms with van der Waals surface area (Å²) in [6.07, 6.45) is 0.895. The summed E-state index contributed by atoms with van der Waals surface area (Å²) in [5, 5.41) is 0. The largest absolute Gasteiger partial charge is 0.494 e. The predicted octanol–water partition coefficient (Wildman–Crippen LogP) is 5.70. The highest BCUT2D eigenvalue weighted by Gasteiger charge is 2.11. The van der Waals surface area contributed by atoms with Crippen LogP contribution in [0.4, 0.5) is 0 Å². The van der Waals surface area contributed by atoms with Crippen molar-refractivity contribution in [2.45, 2.75) is 33.4 Å². The van der Waals surface area contributed by atoms with E-state index in [0.29, 0.717) is 13.2 Å². The van der Waals surface area contributed by atoms with Crippen molar-refractivity contribution in [1.82, 2.24) is 9.55 Å². The highest BCUT2D eigenvalue weighted by molar-refractivity contribution is 5.75. The lowest BCUT2D eigenvalue weighted by molar-refractivity contribution is 0.280. The monoisotopic (exact) mass is 386 g/mol. The summed E-state index contributed by atoms with van der Waals surface area (Å²) in [6.45, 7) is 6.12. The first kappa shape index (κ1) is 19.1. The number of benzene rings is 3. The van der Waals surface area contributed by atoms with Gasteiger partial charge in [0.05, 0.1) is 17.6 Å². The van der Waals surface area contributed by atoms with Crippen molar-refractivity contribution in [1.29, 1.82) is 0 Å². The van der Waals surface area contributed by atoms with E-state index in [1.165, 1.54) is 11.1 Å². The van der Waals surface area contributed by atoms with Gasteiger partial charge in [0.25, 0.3) is 0 Å². The molecule has 4 heteroatoms. The van der Waals surface area contributed by atoms with Gasteiger partial charge in [-0.15, -0.1) is 0 Å².